The number of nitrogens with two attached hydrogens (primary N) is 1. The molecule has 1 aliphatic carbocycles. The van der Waals surface area contributed by atoms with Crippen molar-refractivity contribution in [3.8, 4) is 0 Å². The van der Waals surface area contributed by atoms with Crippen LogP contribution in [0.25, 0.3) is 6.08 Å². The lowest BCUT2D eigenvalue weighted by molar-refractivity contribution is 0.0967. The van der Waals surface area contributed by atoms with Crippen LogP contribution in [-0.2, 0) is 0 Å². The van der Waals surface area contributed by atoms with Gasteiger partial charge in [-0.15, -0.1) is 0 Å². The molecule has 1 aromatic rings. The molecule has 0 spiro atoms. The van der Waals surface area contributed by atoms with E-state index in [0.717, 1.165) is 30.4 Å². The first kappa shape index (κ1) is 11.1. The van der Waals surface area contributed by atoms with Crippen LogP contribution in [0, 0.1) is 5.92 Å². The van der Waals surface area contributed by atoms with E-state index in [9.17, 15) is 4.79 Å². The Balaban J connectivity index is 2.01. The van der Waals surface area contributed by atoms with Gasteiger partial charge in [0.05, 0.1) is 0 Å². The zero-order valence-electron chi connectivity index (χ0n) is 9.36. The van der Waals surface area contributed by atoms with Gasteiger partial charge in [-0.05, 0) is 31.4 Å². The molecule has 1 saturated carbocycles. The summed E-state index contributed by atoms with van der Waals surface area (Å²) in [4.78, 5) is 11.7. The van der Waals surface area contributed by atoms with Crippen molar-refractivity contribution in [3.05, 3.63) is 41.5 Å². The molecule has 1 aromatic carbocycles. The molecule has 0 amide bonds. The minimum atomic E-state index is 0.303. The molecule has 0 aliphatic heterocycles. The SMILES string of the molecule is NCCC=Cc1ccc(C(=O)C2CC2)cc1. The molecular formula is C14H17NO. The van der Waals surface area contributed by atoms with Gasteiger partial charge in [-0.2, -0.15) is 0 Å². The standard InChI is InChI=1S/C14H17NO/c15-10-2-1-3-11-4-6-12(7-5-11)14(16)13-8-9-13/h1,3-7,13H,2,8-10,15H2. The zero-order chi connectivity index (χ0) is 11.4. The summed E-state index contributed by atoms with van der Waals surface area (Å²) < 4.78 is 0. The molecule has 0 heterocycles. The van der Waals surface area contributed by atoms with Crippen LogP contribution in [0.2, 0.25) is 0 Å². The second-order valence-electron chi connectivity index (χ2n) is 4.24. The number of carbonyl (C=O) groups is 1. The van der Waals surface area contributed by atoms with Gasteiger partial charge in [0.1, 0.15) is 0 Å². The van der Waals surface area contributed by atoms with Crippen molar-refractivity contribution >= 4 is 11.9 Å². The Kier molecular flexibility index (Phi) is 3.52. The van der Waals surface area contributed by atoms with E-state index in [0.29, 0.717) is 18.2 Å². The molecule has 84 valence electrons. The summed E-state index contributed by atoms with van der Waals surface area (Å²) in [7, 11) is 0. The average molecular weight is 215 g/mol. The molecule has 0 radical (unpaired) electrons. The van der Waals surface area contributed by atoms with Crippen LogP contribution in [0.3, 0.4) is 0 Å². The van der Waals surface area contributed by atoms with Crippen LogP contribution in [0.1, 0.15) is 35.2 Å². The smallest absolute Gasteiger partial charge is 0.165 e. The van der Waals surface area contributed by atoms with Crippen LogP contribution in [0.15, 0.2) is 30.3 Å². The molecule has 2 nitrogen and oxygen atoms in total. The molecule has 0 bridgehead atoms. The number of benzene rings is 1. The highest BCUT2D eigenvalue weighted by Crippen LogP contribution is 2.32. The van der Waals surface area contributed by atoms with E-state index in [1.54, 1.807) is 0 Å². The third kappa shape index (κ3) is 2.80. The summed E-state index contributed by atoms with van der Waals surface area (Å²) in [6.07, 6.45) is 7.12. The molecule has 2 heteroatoms. The third-order valence-electron chi connectivity index (χ3n) is 2.79. The summed E-state index contributed by atoms with van der Waals surface area (Å²) in [5.41, 5.74) is 7.37. The quantitative estimate of drug-likeness (QED) is 0.767. The predicted molar refractivity (Wildman–Crippen MR) is 66.2 cm³/mol. The maximum absolute atomic E-state index is 11.7. The van der Waals surface area contributed by atoms with E-state index >= 15 is 0 Å². The Morgan fingerprint density at radius 1 is 1.31 bits per heavy atom. The lowest BCUT2D eigenvalue weighted by Crippen LogP contribution is -2.00. The minimum Gasteiger partial charge on any atom is -0.330 e. The van der Waals surface area contributed by atoms with Crippen molar-refractivity contribution in [3.63, 3.8) is 0 Å². The van der Waals surface area contributed by atoms with Gasteiger partial charge in [0.25, 0.3) is 0 Å². The number of rotatable bonds is 5. The second kappa shape index (κ2) is 5.08. The first-order valence-electron chi connectivity index (χ1n) is 5.82. The van der Waals surface area contributed by atoms with Gasteiger partial charge in [-0.25, -0.2) is 0 Å². The molecular weight excluding hydrogens is 198 g/mol. The summed E-state index contributed by atoms with van der Waals surface area (Å²) >= 11 is 0. The summed E-state index contributed by atoms with van der Waals surface area (Å²) in [6, 6.07) is 7.82. The highest BCUT2D eigenvalue weighted by Gasteiger charge is 2.30. The number of ketones is 1. The van der Waals surface area contributed by atoms with Gasteiger partial charge in [0.2, 0.25) is 0 Å². The topological polar surface area (TPSA) is 43.1 Å². The van der Waals surface area contributed by atoms with Gasteiger partial charge in [0.15, 0.2) is 5.78 Å². The van der Waals surface area contributed by atoms with Crippen molar-refractivity contribution in [1.82, 2.24) is 0 Å². The number of hydrogen-bond acceptors (Lipinski definition) is 2. The van der Waals surface area contributed by atoms with E-state index < -0.39 is 0 Å². The predicted octanol–water partition coefficient (Wildman–Crippen LogP) is 2.64. The summed E-state index contributed by atoms with van der Waals surface area (Å²) in [5, 5.41) is 0. The highest BCUT2D eigenvalue weighted by molar-refractivity contribution is 5.99. The van der Waals surface area contributed by atoms with Crippen molar-refractivity contribution in [1.29, 1.82) is 0 Å². The molecule has 1 fully saturated rings. The van der Waals surface area contributed by atoms with Crippen molar-refractivity contribution in [2.45, 2.75) is 19.3 Å². The third-order valence-corrected chi connectivity index (χ3v) is 2.79. The Hall–Kier alpha value is -1.41. The maximum Gasteiger partial charge on any atom is 0.165 e. The lowest BCUT2D eigenvalue weighted by atomic mass is 10.0. The largest absolute Gasteiger partial charge is 0.330 e. The molecule has 0 unspecified atom stereocenters. The summed E-state index contributed by atoms with van der Waals surface area (Å²) in [5.74, 6) is 0.608. The Bertz CT molecular complexity index is 388. The molecule has 1 aliphatic rings. The summed E-state index contributed by atoms with van der Waals surface area (Å²) in [6.45, 7) is 0.675. The van der Waals surface area contributed by atoms with Crippen LogP contribution in [0.5, 0.6) is 0 Å². The number of hydrogen-bond donors (Lipinski definition) is 1. The highest BCUT2D eigenvalue weighted by atomic mass is 16.1. The fourth-order valence-corrected chi connectivity index (χ4v) is 1.66. The van der Waals surface area contributed by atoms with Crippen LogP contribution in [-0.4, -0.2) is 12.3 Å². The van der Waals surface area contributed by atoms with Gasteiger partial charge in [-0.1, -0.05) is 36.4 Å². The first-order chi connectivity index (χ1) is 7.81. The van der Waals surface area contributed by atoms with Crippen molar-refractivity contribution < 1.29 is 4.79 Å². The molecule has 2 rings (SSSR count). The van der Waals surface area contributed by atoms with Gasteiger partial charge < -0.3 is 5.73 Å². The van der Waals surface area contributed by atoms with E-state index in [1.165, 1.54) is 0 Å². The number of carbonyl (C=O) groups excluding carboxylic acids is 1. The second-order valence-corrected chi connectivity index (χ2v) is 4.24. The zero-order valence-corrected chi connectivity index (χ0v) is 9.36. The average Bonchev–Trinajstić information content (AvgIpc) is 3.13. The van der Waals surface area contributed by atoms with Gasteiger partial charge in [-0.3, -0.25) is 4.79 Å². The monoisotopic (exact) mass is 215 g/mol. The Morgan fingerprint density at radius 2 is 2.00 bits per heavy atom. The van der Waals surface area contributed by atoms with Crippen molar-refractivity contribution in [2.24, 2.45) is 11.7 Å². The van der Waals surface area contributed by atoms with E-state index in [-0.39, 0.29) is 0 Å². The van der Waals surface area contributed by atoms with E-state index in [2.05, 4.69) is 6.08 Å². The van der Waals surface area contributed by atoms with Crippen LogP contribution >= 0.6 is 0 Å². The molecule has 16 heavy (non-hydrogen) atoms. The van der Waals surface area contributed by atoms with Gasteiger partial charge >= 0.3 is 0 Å². The van der Waals surface area contributed by atoms with E-state index in [4.69, 9.17) is 5.73 Å². The first-order valence-corrected chi connectivity index (χ1v) is 5.82. The van der Waals surface area contributed by atoms with Gasteiger partial charge in [0, 0.05) is 11.5 Å². The van der Waals surface area contributed by atoms with Crippen LogP contribution in [0.4, 0.5) is 0 Å². The normalized spacial score (nSPS) is 15.6. The Morgan fingerprint density at radius 3 is 2.56 bits per heavy atom. The lowest BCUT2D eigenvalue weighted by Gasteiger charge is -1.99. The number of Topliss-reactive ketones (excluding diaryl/α,β-unsaturated/α-hetero) is 1. The molecule has 0 atom stereocenters. The Labute approximate surface area is 96.2 Å². The molecule has 0 saturated heterocycles. The minimum absolute atomic E-state index is 0.303. The molecule has 0 aromatic heterocycles. The van der Waals surface area contributed by atoms with Crippen molar-refractivity contribution in [2.75, 3.05) is 6.54 Å². The van der Waals surface area contributed by atoms with E-state index in [1.807, 2.05) is 30.3 Å². The molecule has 2 N–H and O–H groups in total. The van der Waals surface area contributed by atoms with Crippen LogP contribution < -0.4 is 5.73 Å². The maximum atomic E-state index is 11.7. The fourth-order valence-electron chi connectivity index (χ4n) is 1.66. The fraction of sp³-hybridized carbons (Fsp3) is 0.357.